The number of benzene rings is 1. The molecule has 0 atom stereocenters. The van der Waals surface area contributed by atoms with Crippen LogP contribution >= 0.6 is 0 Å². The van der Waals surface area contributed by atoms with E-state index < -0.39 is 0 Å². The highest BCUT2D eigenvalue weighted by molar-refractivity contribution is 5.35. The second kappa shape index (κ2) is 6.42. The molecular formula is C17H22N4O2. The Balaban J connectivity index is 1.81. The SMILES string of the molecule is COc1ccc(CNc2nc3c(c(=O)n2C)CCN(C)C3)cc1. The van der Waals surface area contributed by atoms with Crippen molar-refractivity contribution in [1.82, 2.24) is 14.5 Å². The number of fused-ring (bicyclic) bond motifs is 1. The maximum atomic E-state index is 12.5. The van der Waals surface area contributed by atoms with Crippen LogP contribution in [0.4, 0.5) is 5.95 Å². The van der Waals surface area contributed by atoms with Gasteiger partial charge in [-0.15, -0.1) is 0 Å². The van der Waals surface area contributed by atoms with Crippen molar-refractivity contribution in [3.8, 4) is 5.75 Å². The Kier molecular flexibility index (Phi) is 4.34. The van der Waals surface area contributed by atoms with E-state index in [0.29, 0.717) is 12.5 Å². The highest BCUT2D eigenvalue weighted by atomic mass is 16.5. The summed E-state index contributed by atoms with van der Waals surface area (Å²) in [5.41, 5.74) is 2.90. The van der Waals surface area contributed by atoms with Gasteiger partial charge in [0.1, 0.15) is 5.75 Å². The lowest BCUT2D eigenvalue weighted by atomic mass is 10.1. The molecule has 122 valence electrons. The molecule has 1 N–H and O–H groups in total. The average Bonchev–Trinajstić information content (AvgIpc) is 2.57. The van der Waals surface area contributed by atoms with Crippen molar-refractivity contribution in [2.24, 2.45) is 7.05 Å². The van der Waals surface area contributed by atoms with E-state index in [0.717, 1.165) is 42.1 Å². The minimum Gasteiger partial charge on any atom is -0.497 e. The van der Waals surface area contributed by atoms with Crippen molar-refractivity contribution >= 4 is 5.95 Å². The summed E-state index contributed by atoms with van der Waals surface area (Å²) in [4.78, 5) is 19.3. The molecule has 0 fully saturated rings. The van der Waals surface area contributed by atoms with Crippen LogP contribution in [-0.4, -0.2) is 35.2 Å². The molecular weight excluding hydrogens is 292 g/mol. The molecule has 2 aromatic rings. The van der Waals surface area contributed by atoms with E-state index in [1.165, 1.54) is 0 Å². The quantitative estimate of drug-likeness (QED) is 0.924. The van der Waals surface area contributed by atoms with E-state index >= 15 is 0 Å². The zero-order valence-corrected chi connectivity index (χ0v) is 13.8. The Bertz CT molecular complexity index is 752. The molecule has 1 aliphatic rings. The topological polar surface area (TPSA) is 59.4 Å². The van der Waals surface area contributed by atoms with Gasteiger partial charge in [-0.1, -0.05) is 12.1 Å². The summed E-state index contributed by atoms with van der Waals surface area (Å²) in [5.74, 6) is 1.44. The number of aromatic nitrogens is 2. The maximum Gasteiger partial charge on any atom is 0.258 e. The molecule has 1 aromatic heterocycles. The minimum absolute atomic E-state index is 0.0559. The van der Waals surface area contributed by atoms with Crippen molar-refractivity contribution in [2.75, 3.05) is 26.0 Å². The van der Waals surface area contributed by atoms with Crippen molar-refractivity contribution in [3.63, 3.8) is 0 Å². The van der Waals surface area contributed by atoms with E-state index in [4.69, 9.17) is 4.74 Å². The van der Waals surface area contributed by atoms with Crippen molar-refractivity contribution in [2.45, 2.75) is 19.5 Å². The molecule has 1 aliphatic heterocycles. The third kappa shape index (κ3) is 3.22. The van der Waals surface area contributed by atoms with E-state index in [-0.39, 0.29) is 5.56 Å². The Morgan fingerprint density at radius 1 is 1.26 bits per heavy atom. The fourth-order valence-corrected chi connectivity index (χ4v) is 2.79. The number of anilines is 1. The highest BCUT2D eigenvalue weighted by Gasteiger charge is 2.20. The lowest BCUT2D eigenvalue weighted by Gasteiger charge is -2.25. The number of nitrogens with one attached hydrogen (secondary N) is 1. The lowest BCUT2D eigenvalue weighted by molar-refractivity contribution is 0.305. The fraction of sp³-hybridized carbons (Fsp3) is 0.412. The summed E-state index contributed by atoms with van der Waals surface area (Å²) >= 11 is 0. The van der Waals surface area contributed by atoms with Gasteiger partial charge in [-0.25, -0.2) is 4.98 Å². The zero-order valence-electron chi connectivity index (χ0n) is 13.8. The van der Waals surface area contributed by atoms with Gasteiger partial charge in [-0.2, -0.15) is 0 Å². The van der Waals surface area contributed by atoms with E-state index in [1.54, 1.807) is 18.7 Å². The predicted molar refractivity (Wildman–Crippen MR) is 89.8 cm³/mol. The van der Waals surface area contributed by atoms with E-state index in [9.17, 15) is 4.79 Å². The molecule has 0 radical (unpaired) electrons. The van der Waals surface area contributed by atoms with Gasteiger partial charge < -0.3 is 15.0 Å². The molecule has 0 bridgehead atoms. The molecule has 3 rings (SSSR count). The summed E-state index contributed by atoms with van der Waals surface area (Å²) in [6.07, 6.45) is 0.768. The van der Waals surface area contributed by atoms with Gasteiger partial charge in [-0.05, 0) is 31.2 Å². The Morgan fingerprint density at radius 2 is 2.00 bits per heavy atom. The van der Waals surface area contributed by atoms with E-state index in [1.807, 2.05) is 31.3 Å². The summed E-state index contributed by atoms with van der Waals surface area (Å²) in [5, 5.41) is 3.27. The predicted octanol–water partition coefficient (Wildman–Crippen LogP) is 1.39. The van der Waals surface area contributed by atoms with Crippen molar-refractivity contribution in [3.05, 3.63) is 51.4 Å². The number of methoxy groups -OCH3 is 1. The first kappa shape index (κ1) is 15.6. The lowest BCUT2D eigenvalue weighted by Crippen LogP contribution is -2.35. The largest absolute Gasteiger partial charge is 0.497 e. The molecule has 0 amide bonds. The second-order valence-electron chi connectivity index (χ2n) is 5.91. The summed E-state index contributed by atoms with van der Waals surface area (Å²) in [6, 6.07) is 7.84. The van der Waals surface area contributed by atoms with Gasteiger partial charge >= 0.3 is 0 Å². The van der Waals surface area contributed by atoms with Crippen LogP contribution in [0.5, 0.6) is 5.75 Å². The Morgan fingerprint density at radius 3 is 2.70 bits per heavy atom. The Hall–Kier alpha value is -2.34. The summed E-state index contributed by atoms with van der Waals surface area (Å²) in [6.45, 7) is 2.24. The second-order valence-corrected chi connectivity index (χ2v) is 5.91. The van der Waals surface area contributed by atoms with Gasteiger partial charge in [0.25, 0.3) is 5.56 Å². The van der Waals surface area contributed by atoms with Gasteiger partial charge in [0.2, 0.25) is 5.95 Å². The highest BCUT2D eigenvalue weighted by Crippen LogP contribution is 2.16. The minimum atomic E-state index is 0.0559. The van der Waals surface area contributed by atoms with Crippen LogP contribution < -0.4 is 15.6 Å². The first-order chi connectivity index (χ1) is 11.1. The number of ether oxygens (including phenoxy) is 1. The standard InChI is InChI=1S/C17H22N4O2/c1-20-9-8-14-15(11-20)19-17(21(2)16(14)22)18-10-12-4-6-13(23-3)7-5-12/h4-7H,8-11H2,1-3H3,(H,18,19). The first-order valence-electron chi connectivity index (χ1n) is 7.72. The van der Waals surface area contributed by atoms with Crippen molar-refractivity contribution in [1.29, 1.82) is 0 Å². The van der Waals surface area contributed by atoms with Gasteiger partial charge in [0.05, 0.1) is 12.8 Å². The third-order valence-electron chi connectivity index (χ3n) is 4.24. The molecule has 0 unspecified atom stereocenters. The zero-order chi connectivity index (χ0) is 16.4. The molecule has 6 nitrogen and oxygen atoms in total. The molecule has 0 saturated heterocycles. The molecule has 2 heterocycles. The van der Waals surface area contributed by atoms with Crippen molar-refractivity contribution < 1.29 is 4.74 Å². The van der Waals surface area contributed by atoms with Crippen LogP contribution in [0.25, 0.3) is 0 Å². The molecule has 23 heavy (non-hydrogen) atoms. The normalized spacial score (nSPS) is 14.4. The average molecular weight is 314 g/mol. The Labute approximate surface area is 135 Å². The summed E-state index contributed by atoms with van der Waals surface area (Å²) in [7, 11) is 5.47. The maximum absolute atomic E-state index is 12.5. The number of nitrogens with zero attached hydrogens (tertiary/aromatic N) is 3. The number of rotatable bonds is 4. The molecule has 6 heteroatoms. The van der Waals surface area contributed by atoms with Crippen LogP contribution in [0.1, 0.15) is 16.8 Å². The van der Waals surface area contributed by atoms with Crippen LogP contribution in [0.2, 0.25) is 0 Å². The molecule has 0 spiro atoms. The number of hydrogen-bond donors (Lipinski definition) is 1. The fourth-order valence-electron chi connectivity index (χ4n) is 2.79. The first-order valence-corrected chi connectivity index (χ1v) is 7.72. The van der Waals surface area contributed by atoms with Gasteiger partial charge in [-0.3, -0.25) is 9.36 Å². The van der Waals surface area contributed by atoms with E-state index in [2.05, 4.69) is 15.2 Å². The van der Waals surface area contributed by atoms with Gasteiger partial charge in [0.15, 0.2) is 0 Å². The summed E-state index contributed by atoms with van der Waals surface area (Å²) < 4.78 is 6.76. The van der Waals surface area contributed by atoms with Gasteiger partial charge in [0, 0.05) is 32.2 Å². The van der Waals surface area contributed by atoms with Crippen LogP contribution in [-0.2, 0) is 26.6 Å². The monoisotopic (exact) mass is 314 g/mol. The molecule has 0 aliphatic carbocycles. The van der Waals surface area contributed by atoms with Crippen LogP contribution in [0.15, 0.2) is 29.1 Å². The smallest absolute Gasteiger partial charge is 0.258 e. The van der Waals surface area contributed by atoms with Crippen LogP contribution in [0, 0.1) is 0 Å². The number of likely N-dealkylation sites (N-methyl/N-ethyl adjacent to an activating group) is 1. The molecule has 1 aromatic carbocycles. The number of hydrogen-bond acceptors (Lipinski definition) is 5. The van der Waals surface area contributed by atoms with Crippen LogP contribution in [0.3, 0.4) is 0 Å². The third-order valence-corrected chi connectivity index (χ3v) is 4.24. The molecule has 0 saturated carbocycles.